The minimum atomic E-state index is -0.322. The summed E-state index contributed by atoms with van der Waals surface area (Å²) in [5.41, 5.74) is 8.41. The molecule has 0 bridgehead atoms. The Balaban J connectivity index is 1.75. The van der Waals surface area contributed by atoms with E-state index in [1.165, 1.54) is 29.0 Å². The predicted molar refractivity (Wildman–Crippen MR) is 86.8 cm³/mol. The maximum atomic E-state index is 6.29. The molecule has 1 fully saturated rings. The lowest BCUT2D eigenvalue weighted by Gasteiger charge is -2.17. The Morgan fingerprint density at radius 2 is 1.95 bits per heavy atom. The maximum Gasteiger partial charge on any atom is 0.140 e. The molecule has 0 radical (unpaired) electrons. The molecule has 3 rings (SSSR count). The summed E-state index contributed by atoms with van der Waals surface area (Å²) >= 11 is 1.70. The minimum absolute atomic E-state index is 0.322. The van der Waals surface area contributed by atoms with Crippen molar-refractivity contribution in [2.45, 2.75) is 51.7 Å². The van der Waals surface area contributed by atoms with Gasteiger partial charge in [-0.05, 0) is 45.7 Å². The topological polar surface area (TPSA) is 48.1 Å². The third-order valence-electron chi connectivity index (χ3n) is 3.63. The fourth-order valence-electron chi connectivity index (χ4n) is 2.31. The molecule has 1 heterocycles. The van der Waals surface area contributed by atoms with Crippen molar-refractivity contribution < 1.29 is 4.74 Å². The lowest BCUT2D eigenvalue weighted by Crippen LogP contribution is -2.28. The highest BCUT2D eigenvalue weighted by Gasteiger charge is 2.33. The number of ether oxygens (including phenoxy) is 1. The second kappa shape index (κ2) is 5.43. The van der Waals surface area contributed by atoms with Crippen LogP contribution in [0.4, 0.5) is 0 Å². The Bertz CT molecular complexity index is 621. The van der Waals surface area contributed by atoms with E-state index in [9.17, 15) is 0 Å². The van der Waals surface area contributed by atoms with Gasteiger partial charge in [-0.1, -0.05) is 17.7 Å². The maximum absolute atomic E-state index is 6.29. The van der Waals surface area contributed by atoms with Gasteiger partial charge in [0, 0.05) is 16.3 Å². The molecule has 1 aromatic carbocycles. The van der Waals surface area contributed by atoms with Crippen molar-refractivity contribution in [3.63, 3.8) is 0 Å². The molecule has 0 saturated heterocycles. The predicted octanol–water partition coefficient (Wildman–Crippen LogP) is 4.10. The third-order valence-corrected chi connectivity index (χ3v) is 5.01. The van der Waals surface area contributed by atoms with Gasteiger partial charge in [-0.15, -0.1) is 11.3 Å². The van der Waals surface area contributed by atoms with Gasteiger partial charge in [0.1, 0.15) is 17.4 Å². The van der Waals surface area contributed by atoms with Crippen molar-refractivity contribution in [3.8, 4) is 5.75 Å². The van der Waals surface area contributed by atoms with Gasteiger partial charge in [0.2, 0.25) is 0 Å². The average Bonchev–Trinajstić information content (AvgIpc) is 3.17. The van der Waals surface area contributed by atoms with E-state index < -0.39 is 0 Å². The minimum Gasteiger partial charge on any atom is -0.486 e. The SMILES string of the molecule is Cc1ccc(OCc2nc(C3CC3)c(C(C)(C)N)s2)cc1. The van der Waals surface area contributed by atoms with Crippen molar-refractivity contribution in [1.29, 1.82) is 0 Å². The van der Waals surface area contributed by atoms with Gasteiger partial charge >= 0.3 is 0 Å². The highest BCUT2D eigenvalue weighted by molar-refractivity contribution is 7.11. The molecule has 4 heteroatoms. The zero-order valence-corrected chi connectivity index (χ0v) is 13.7. The first-order valence-corrected chi connectivity index (χ1v) is 8.23. The molecule has 0 atom stereocenters. The van der Waals surface area contributed by atoms with Crippen LogP contribution in [0.2, 0.25) is 0 Å². The monoisotopic (exact) mass is 302 g/mol. The van der Waals surface area contributed by atoms with Gasteiger partial charge in [0.25, 0.3) is 0 Å². The largest absolute Gasteiger partial charge is 0.486 e. The molecule has 0 aliphatic heterocycles. The van der Waals surface area contributed by atoms with E-state index in [1.54, 1.807) is 11.3 Å². The van der Waals surface area contributed by atoms with Gasteiger partial charge in [0.05, 0.1) is 5.69 Å². The quantitative estimate of drug-likeness (QED) is 0.904. The molecule has 21 heavy (non-hydrogen) atoms. The summed E-state index contributed by atoms with van der Waals surface area (Å²) in [5, 5.41) is 1.02. The fraction of sp³-hybridized carbons (Fsp3) is 0.471. The number of thiazole rings is 1. The molecule has 112 valence electrons. The summed E-state index contributed by atoms with van der Waals surface area (Å²) in [6.07, 6.45) is 2.48. The number of aromatic nitrogens is 1. The fourth-order valence-corrected chi connectivity index (χ4v) is 3.39. The van der Waals surface area contributed by atoms with Crippen LogP contribution in [0.3, 0.4) is 0 Å². The molecule has 1 aromatic heterocycles. The van der Waals surface area contributed by atoms with Crippen LogP contribution in [0, 0.1) is 6.92 Å². The van der Waals surface area contributed by atoms with Crippen LogP contribution in [0.15, 0.2) is 24.3 Å². The number of benzene rings is 1. The zero-order valence-electron chi connectivity index (χ0n) is 12.8. The Morgan fingerprint density at radius 3 is 2.52 bits per heavy atom. The average molecular weight is 302 g/mol. The summed E-state index contributed by atoms with van der Waals surface area (Å²) in [4.78, 5) is 6.00. The molecule has 1 aliphatic rings. The second-order valence-corrected chi connectivity index (χ2v) is 7.50. The Hall–Kier alpha value is -1.39. The van der Waals surface area contributed by atoms with E-state index in [0.29, 0.717) is 12.5 Å². The van der Waals surface area contributed by atoms with Crippen LogP contribution < -0.4 is 10.5 Å². The lowest BCUT2D eigenvalue weighted by molar-refractivity contribution is 0.305. The summed E-state index contributed by atoms with van der Waals surface area (Å²) in [7, 11) is 0. The van der Waals surface area contributed by atoms with Crippen LogP contribution in [-0.4, -0.2) is 4.98 Å². The van der Waals surface area contributed by atoms with Crippen molar-refractivity contribution >= 4 is 11.3 Å². The van der Waals surface area contributed by atoms with E-state index >= 15 is 0 Å². The highest BCUT2D eigenvalue weighted by Crippen LogP contribution is 2.45. The molecule has 3 nitrogen and oxygen atoms in total. The normalized spacial score (nSPS) is 15.2. The molecule has 0 spiro atoms. The van der Waals surface area contributed by atoms with Crippen LogP contribution in [0.5, 0.6) is 5.75 Å². The summed E-state index contributed by atoms with van der Waals surface area (Å²) < 4.78 is 5.84. The number of rotatable bonds is 5. The second-order valence-electron chi connectivity index (χ2n) is 6.42. The first-order chi connectivity index (χ1) is 9.93. The van der Waals surface area contributed by atoms with Gasteiger partial charge < -0.3 is 10.5 Å². The van der Waals surface area contributed by atoms with E-state index in [2.05, 4.69) is 32.9 Å². The Morgan fingerprint density at radius 1 is 1.29 bits per heavy atom. The van der Waals surface area contributed by atoms with E-state index in [4.69, 9.17) is 15.5 Å². The molecule has 0 amide bonds. The van der Waals surface area contributed by atoms with Gasteiger partial charge in [0.15, 0.2) is 0 Å². The van der Waals surface area contributed by atoms with Crippen molar-refractivity contribution in [2.75, 3.05) is 0 Å². The smallest absolute Gasteiger partial charge is 0.140 e. The number of aryl methyl sites for hydroxylation is 1. The van der Waals surface area contributed by atoms with Crippen LogP contribution in [-0.2, 0) is 12.1 Å². The van der Waals surface area contributed by atoms with Crippen LogP contribution in [0.1, 0.15) is 53.7 Å². The summed E-state index contributed by atoms with van der Waals surface area (Å²) in [6.45, 7) is 6.69. The third kappa shape index (κ3) is 3.44. The van der Waals surface area contributed by atoms with E-state index in [0.717, 1.165) is 10.8 Å². The van der Waals surface area contributed by atoms with Crippen molar-refractivity contribution in [2.24, 2.45) is 5.73 Å². The highest BCUT2D eigenvalue weighted by atomic mass is 32.1. The molecular formula is C17H22N2OS. The standard InChI is InChI=1S/C17H22N2OS/c1-11-4-8-13(9-5-11)20-10-14-19-15(12-6-7-12)16(21-14)17(2,3)18/h4-5,8-9,12H,6-7,10,18H2,1-3H3. The molecule has 1 aliphatic carbocycles. The molecule has 2 aromatic rings. The lowest BCUT2D eigenvalue weighted by atomic mass is 10.0. The molecule has 0 unspecified atom stereocenters. The molecular weight excluding hydrogens is 280 g/mol. The van der Waals surface area contributed by atoms with E-state index in [1.807, 2.05) is 12.1 Å². The first-order valence-electron chi connectivity index (χ1n) is 7.42. The van der Waals surface area contributed by atoms with Crippen molar-refractivity contribution in [1.82, 2.24) is 4.98 Å². The van der Waals surface area contributed by atoms with Gasteiger partial charge in [-0.3, -0.25) is 0 Å². The summed E-state index contributed by atoms with van der Waals surface area (Å²) in [6, 6.07) is 8.11. The number of hydrogen-bond donors (Lipinski definition) is 1. The number of nitrogens with zero attached hydrogens (tertiary/aromatic N) is 1. The van der Waals surface area contributed by atoms with Gasteiger partial charge in [-0.25, -0.2) is 4.98 Å². The molecule has 1 saturated carbocycles. The zero-order chi connectivity index (χ0) is 15.0. The number of hydrogen-bond acceptors (Lipinski definition) is 4. The Labute approximate surface area is 130 Å². The molecule has 2 N–H and O–H groups in total. The van der Waals surface area contributed by atoms with Gasteiger partial charge in [-0.2, -0.15) is 0 Å². The first kappa shape index (κ1) is 14.5. The van der Waals surface area contributed by atoms with Crippen LogP contribution in [0.25, 0.3) is 0 Å². The van der Waals surface area contributed by atoms with Crippen molar-refractivity contribution in [3.05, 3.63) is 45.4 Å². The van der Waals surface area contributed by atoms with Crippen LogP contribution >= 0.6 is 11.3 Å². The summed E-state index contributed by atoms with van der Waals surface area (Å²) in [5.74, 6) is 1.50. The Kier molecular flexibility index (Phi) is 3.76. The van der Waals surface area contributed by atoms with E-state index in [-0.39, 0.29) is 5.54 Å². The number of nitrogens with two attached hydrogens (primary N) is 1.